The number of carbonyl (C=O) groups is 3. The topological polar surface area (TPSA) is 127 Å². The number of carboxylic acids is 1. The van der Waals surface area contributed by atoms with E-state index < -0.39 is 35.4 Å². The number of fused-ring (bicyclic) bond motifs is 1. The Kier molecular flexibility index (Phi) is 10.5. The number of aromatic nitrogens is 1. The highest BCUT2D eigenvalue weighted by molar-refractivity contribution is 5.80. The molecule has 2 heterocycles. The Morgan fingerprint density at radius 1 is 1.09 bits per heavy atom. The molecule has 1 aliphatic heterocycles. The van der Waals surface area contributed by atoms with E-state index in [1.165, 1.54) is 34.7 Å². The summed E-state index contributed by atoms with van der Waals surface area (Å²) in [7, 11) is 0. The number of pyridine rings is 1. The van der Waals surface area contributed by atoms with Gasteiger partial charge in [0.15, 0.2) is 0 Å². The van der Waals surface area contributed by atoms with E-state index in [0.29, 0.717) is 5.92 Å². The predicted molar refractivity (Wildman–Crippen MR) is 171 cm³/mol. The quantitative estimate of drug-likeness (QED) is 0.339. The van der Waals surface area contributed by atoms with Crippen LogP contribution in [0.25, 0.3) is 0 Å². The van der Waals surface area contributed by atoms with E-state index in [1.54, 1.807) is 20.8 Å². The average Bonchev–Trinajstić information content (AvgIpc) is 2.97. The normalized spacial score (nSPS) is 20.5. The zero-order chi connectivity index (χ0) is 32.7. The molecule has 2 fully saturated rings. The van der Waals surface area contributed by atoms with Crippen molar-refractivity contribution in [3.05, 3.63) is 65.0 Å². The minimum absolute atomic E-state index is 0.00139. The molecule has 3 aliphatic rings. The molecule has 0 spiro atoms. The molecule has 1 saturated carbocycles. The maximum atomic E-state index is 12.9. The number of hydrogen-bond donors (Lipinski definition) is 2. The van der Waals surface area contributed by atoms with Gasteiger partial charge in [0.1, 0.15) is 11.6 Å². The number of benzene rings is 1. The number of likely N-dealkylation sites (tertiary alicyclic amines) is 1. The van der Waals surface area contributed by atoms with Crippen LogP contribution in [-0.4, -0.2) is 76.2 Å². The maximum Gasteiger partial charge on any atom is 0.410 e. The molecule has 0 bridgehead atoms. The van der Waals surface area contributed by atoms with Gasteiger partial charge in [0.25, 0.3) is 0 Å². The van der Waals surface area contributed by atoms with Gasteiger partial charge in [-0.05, 0) is 108 Å². The van der Waals surface area contributed by atoms with Crippen LogP contribution in [0.2, 0.25) is 0 Å². The molecule has 1 aromatic heterocycles. The number of aryl methyl sites for hydroxylation is 3. The summed E-state index contributed by atoms with van der Waals surface area (Å²) < 4.78 is 17.0. The summed E-state index contributed by atoms with van der Waals surface area (Å²) in [6.45, 7) is 5.51. The third kappa shape index (κ3) is 9.23. The second kappa shape index (κ2) is 14.5. The van der Waals surface area contributed by atoms with Gasteiger partial charge < -0.3 is 24.6 Å². The van der Waals surface area contributed by atoms with Gasteiger partial charge in [0.2, 0.25) is 5.60 Å². The Morgan fingerprint density at radius 2 is 1.83 bits per heavy atom. The van der Waals surface area contributed by atoms with Crippen molar-refractivity contribution in [1.29, 1.82) is 0 Å². The largest absolute Gasteiger partial charge is 0.480 e. The van der Waals surface area contributed by atoms with Crippen LogP contribution in [-0.2, 0) is 38.3 Å². The Morgan fingerprint density at radius 3 is 2.54 bits per heavy atom. The van der Waals surface area contributed by atoms with Crippen molar-refractivity contribution in [2.75, 3.05) is 19.7 Å². The molecule has 2 aliphatic carbocycles. The van der Waals surface area contributed by atoms with E-state index in [1.807, 2.05) is 30.3 Å². The molecule has 2 N–H and O–H groups in total. The number of nitrogens with zero attached hydrogens (tertiary/aromatic N) is 2. The lowest BCUT2D eigenvalue weighted by Gasteiger charge is -2.45. The second-order valence-electron chi connectivity index (χ2n) is 13.6. The fraction of sp³-hybridized carbons (Fsp3) is 0.556. The van der Waals surface area contributed by atoms with Gasteiger partial charge in [-0.3, -0.25) is 9.88 Å². The van der Waals surface area contributed by atoms with E-state index in [9.17, 15) is 19.5 Å². The third-order valence-corrected chi connectivity index (χ3v) is 8.63. The second-order valence-corrected chi connectivity index (χ2v) is 13.6. The molecule has 1 unspecified atom stereocenters. The zero-order valence-electron chi connectivity index (χ0n) is 27.0. The maximum absolute atomic E-state index is 12.9. The summed E-state index contributed by atoms with van der Waals surface area (Å²) >= 11 is 0. The van der Waals surface area contributed by atoms with Crippen molar-refractivity contribution in [2.24, 2.45) is 5.92 Å². The minimum Gasteiger partial charge on any atom is -0.480 e. The number of alkyl carbamates (subject to hydrolysis) is 1. The minimum atomic E-state index is -1.30. The van der Waals surface area contributed by atoms with Gasteiger partial charge in [-0.15, -0.1) is 0 Å². The van der Waals surface area contributed by atoms with Crippen molar-refractivity contribution in [3.63, 3.8) is 0 Å². The smallest absolute Gasteiger partial charge is 0.410 e. The SMILES string of the molecule is CC(C)(C)OC(=O)N1CC(C#Cc2ccccc2)(OC(=O)NC(CCOC2CC(CCc3ccc4c(n3)CCCC4)C2)C(=O)O)C1. The number of amides is 2. The first-order chi connectivity index (χ1) is 22.0. The Labute approximate surface area is 271 Å². The molecule has 0 radical (unpaired) electrons. The monoisotopic (exact) mass is 631 g/mol. The van der Waals surface area contributed by atoms with E-state index >= 15 is 0 Å². The highest BCUT2D eigenvalue weighted by Gasteiger charge is 2.49. The van der Waals surface area contributed by atoms with Crippen LogP contribution < -0.4 is 5.32 Å². The van der Waals surface area contributed by atoms with Crippen molar-refractivity contribution in [1.82, 2.24) is 15.2 Å². The summed E-state index contributed by atoms with van der Waals surface area (Å²) in [5.74, 6) is 5.37. The number of carbonyl (C=O) groups excluding carboxylic acids is 2. The van der Waals surface area contributed by atoms with Crippen LogP contribution in [0.15, 0.2) is 42.5 Å². The Hall–Kier alpha value is -4.10. The lowest BCUT2D eigenvalue weighted by molar-refractivity contribution is -0.140. The number of rotatable bonds is 10. The van der Waals surface area contributed by atoms with Crippen LogP contribution in [0.5, 0.6) is 0 Å². The summed E-state index contributed by atoms with van der Waals surface area (Å²) in [6.07, 6.45) is 7.34. The number of nitrogens with one attached hydrogen (secondary N) is 1. The number of hydrogen-bond acceptors (Lipinski definition) is 7. The van der Waals surface area contributed by atoms with Gasteiger partial charge in [-0.2, -0.15) is 0 Å². The van der Waals surface area contributed by atoms with E-state index in [0.717, 1.165) is 44.1 Å². The summed E-state index contributed by atoms with van der Waals surface area (Å²) in [6, 6.07) is 12.4. The van der Waals surface area contributed by atoms with Crippen molar-refractivity contribution in [3.8, 4) is 11.8 Å². The molecular formula is C36H45N3O7. The molecule has 1 atom stereocenters. The van der Waals surface area contributed by atoms with Gasteiger partial charge >= 0.3 is 18.2 Å². The number of carboxylic acid groups (broad SMARTS) is 1. The van der Waals surface area contributed by atoms with Crippen molar-refractivity contribution >= 4 is 18.2 Å². The first-order valence-electron chi connectivity index (χ1n) is 16.3. The molecular weight excluding hydrogens is 586 g/mol. The Balaban J connectivity index is 1.06. The van der Waals surface area contributed by atoms with Gasteiger partial charge in [0.05, 0.1) is 19.2 Å². The van der Waals surface area contributed by atoms with Gasteiger partial charge in [-0.1, -0.05) is 30.2 Å². The first kappa shape index (κ1) is 33.3. The molecule has 46 heavy (non-hydrogen) atoms. The van der Waals surface area contributed by atoms with E-state index in [4.69, 9.17) is 19.2 Å². The van der Waals surface area contributed by atoms with E-state index in [-0.39, 0.29) is 32.2 Å². The number of ether oxygens (including phenoxy) is 3. The average molecular weight is 632 g/mol. The molecule has 10 nitrogen and oxygen atoms in total. The fourth-order valence-electron chi connectivity index (χ4n) is 6.03. The van der Waals surface area contributed by atoms with Crippen LogP contribution in [0.1, 0.15) is 81.8 Å². The van der Waals surface area contributed by atoms with Gasteiger partial charge in [0, 0.05) is 30.0 Å². The highest BCUT2D eigenvalue weighted by atomic mass is 16.6. The van der Waals surface area contributed by atoms with Crippen LogP contribution in [0, 0.1) is 17.8 Å². The molecule has 1 aromatic carbocycles. The molecule has 2 aromatic rings. The highest BCUT2D eigenvalue weighted by Crippen LogP contribution is 2.34. The van der Waals surface area contributed by atoms with Crippen molar-refractivity contribution in [2.45, 2.75) is 102 Å². The lowest BCUT2D eigenvalue weighted by atomic mass is 9.79. The van der Waals surface area contributed by atoms with Crippen LogP contribution in [0.3, 0.4) is 0 Å². The lowest BCUT2D eigenvalue weighted by Crippen LogP contribution is -2.66. The molecule has 5 rings (SSSR count). The number of aliphatic carboxylic acids is 1. The molecule has 10 heteroatoms. The van der Waals surface area contributed by atoms with Crippen LogP contribution >= 0.6 is 0 Å². The fourth-order valence-corrected chi connectivity index (χ4v) is 6.03. The first-order valence-corrected chi connectivity index (χ1v) is 16.3. The summed E-state index contributed by atoms with van der Waals surface area (Å²) in [5.41, 5.74) is 2.58. The summed E-state index contributed by atoms with van der Waals surface area (Å²) in [4.78, 5) is 43.7. The predicted octanol–water partition coefficient (Wildman–Crippen LogP) is 5.30. The molecule has 2 amide bonds. The molecule has 1 saturated heterocycles. The third-order valence-electron chi connectivity index (χ3n) is 8.63. The van der Waals surface area contributed by atoms with E-state index in [2.05, 4.69) is 29.3 Å². The van der Waals surface area contributed by atoms with Crippen molar-refractivity contribution < 1.29 is 33.7 Å². The van der Waals surface area contributed by atoms with Gasteiger partial charge in [-0.25, -0.2) is 14.4 Å². The zero-order valence-corrected chi connectivity index (χ0v) is 27.0. The Bertz CT molecular complexity index is 1450. The van der Waals surface area contributed by atoms with Crippen LogP contribution in [0.4, 0.5) is 9.59 Å². The molecule has 246 valence electrons. The summed E-state index contributed by atoms with van der Waals surface area (Å²) in [5, 5.41) is 12.2. The standard InChI is InChI=1S/C36H45N3O7/c1-35(2,3)46-34(43)39-23-36(24-39,19-17-25-9-5-4-6-10-25)45-33(42)38-31(32(40)41)18-20-44-29-21-26(22-29)13-15-28-16-14-27-11-7-8-12-30(27)37-28/h4-6,9-10,14,16,26,29,31H,7-8,11-13,15,18,20-24H2,1-3H3,(H,38,42)(H,40,41).